The van der Waals surface area contributed by atoms with Gasteiger partial charge in [0.25, 0.3) is 0 Å². The fraction of sp³-hybridized carbons (Fsp3) is 0.704. The molecule has 0 heterocycles. The van der Waals surface area contributed by atoms with Crippen molar-refractivity contribution < 1.29 is 19.1 Å². The summed E-state index contributed by atoms with van der Waals surface area (Å²) < 4.78 is 10.8. The SMILES string of the molecule is CCCCCCCCCCCCCCOC(=O)c1ccccc1C(=O)OCC(C)CC. The van der Waals surface area contributed by atoms with Gasteiger partial charge in [-0.15, -0.1) is 0 Å². The number of unbranched alkanes of at least 4 members (excludes halogenated alkanes) is 11. The van der Waals surface area contributed by atoms with Crippen molar-refractivity contribution >= 4 is 11.9 Å². The molecule has 1 aromatic rings. The van der Waals surface area contributed by atoms with Crippen molar-refractivity contribution in [2.75, 3.05) is 13.2 Å². The topological polar surface area (TPSA) is 52.6 Å². The zero-order valence-electron chi connectivity index (χ0n) is 20.1. The average Bonchev–Trinajstić information content (AvgIpc) is 2.80. The van der Waals surface area contributed by atoms with Gasteiger partial charge >= 0.3 is 11.9 Å². The summed E-state index contributed by atoms with van der Waals surface area (Å²) in [5.41, 5.74) is 0.570. The Morgan fingerprint density at radius 1 is 0.710 bits per heavy atom. The zero-order valence-corrected chi connectivity index (χ0v) is 20.1. The first-order valence-corrected chi connectivity index (χ1v) is 12.5. The molecule has 0 N–H and O–H groups in total. The monoisotopic (exact) mass is 432 g/mol. The first-order valence-electron chi connectivity index (χ1n) is 12.5. The van der Waals surface area contributed by atoms with E-state index in [0.717, 1.165) is 19.3 Å². The summed E-state index contributed by atoms with van der Waals surface area (Å²) in [6.45, 7) is 7.09. The van der Waals surface area contributed by atoms with E-state index in [-0.39, 0.29) is 11.1 Å². The first kappa shape index (κ1) is 27.2. The predicted octanol–water partition coefficient (Wildman–Crippen LogP) is 7.75. The Hall–Kier alpha value is -1.84. The molecule has 0 aliphatic heterocycles. The van der Waals surface area contributed by atoms with Crippen LogP contribution in [0.4, 0.5) is 0 Å². The van der Waals surface area contributed by atoms with Crippen LogP contribution in [-0.2, 0) is 9.47 Å². The minimum absolute atomic E-state index is 0.283. The lowest BCUT2D eigenvalue weighted by Gasteiger charge is -2.12. The summed E-state index contributed by atoms with van der Waals surface area (Å²) in [7, 11) is 0. The molecule has 176 valence electrons. The van der Waals surface area contributed by atoms with Gasteiger partial charge in [0.1, 0.15) is 0 Å². The van der Waals surface area contributed by atoms with Crippen molar-refractivity contribution in [3.05, 3.63) is 35.4 Å². The van der Waals surface area contributed by atoms with Crippen LogP contribution < -0.4 is 0 Å². The molecule has 0 saturated carbocycles. The number of hydrogen-bond donors (Lipinski definition) is 0. The minimum atomic E-state index is -0.460. The normalized spacial score (nSPS) is 11.8. The molecule has 31 heavy (non-hydrogen) atoms. The standard InChI is InChI=1S/C27H44O4/c1-4-6-7-8-9-10-11-12-13-14-15-18-21-30-26(28)24-19-16-17-20-25(24)27(29)31-22-23(3)5-2/h16-17,19-20,23H,4-15,18,21-22H2,1-3H3. The van der Waals surface area contributed by atoms with Gasteiger partial charge in [-0.1, -0.05) is 110 Å². The minimum Gasteiger partial charge on any atom is -0.462 e. The van der Waals surface area contributed by atoms with Crippen molar-refractivity contribution in [2.24, 2.45) is 5.92 Å². The van der Waals surface area contributed by atoms with Crippen LogP contribution in [0.2, 0.25) is 0 Å². The molecule has 0 spiro atoms. The van der Waals surface area contributed by atoms with E-state index in [1.165, 1.54) is 64.2 Å². The highest BCUT2D eigenvalue weighted by molar-refractivity contribution is 6.03. The van der Waals surface area contributed by atoms with Gasteiger partial charge in [0.2, 0.25) is 0 Å². The van der Waals surface area contributed by atoms with Gasteiger partial charge in [-0.3, -0.25) is 0 Å². The van der Waals surface area contributed by atoms with Crippen molar-refractivity contribution in [1.29, 1.82) is 0 Å². The lowest BCUT2D eigenvalue weighted by Crippen LogP contribution is -2.16. The van der Waals surface area contributed by atoms with Crippen molar-refractivity contribution in [1.82, 2.24) is 0 Å². The summed E-state index contributed by atoms with van der Waals surface area (Å²) in [5.74, 6) is -0.605. The van der Waals surface area contributed by atoms with Gasteiger partial charge < -0.3 is 9.47 Å². The van der Waals surface area contributed by atoms with Crippen LogP contribution in [0.25, 0.3) is 0 Å². The van der Waals surface area contributed by atoms with Crippen LogP contribution in [0.3, 0.4) is 0 Å². The fourth-order valence-electron chi connectivity index (χ4n) is 3.44. The molecule has 4 nitrogen and oxygen atoms in total. The summed E-state index contributed by atoms with van der Waals surface area (Å²) in [6.07, 6.45) is 16.2. The molecule has 1 aromatic carbocycles. The number of esters is 2. The van der Waals surface area contributed by atoms with Crippen LogP contribution >= 0.6 is 0 Å². The Balaban J connectivity index is 2.18. The lowest BCUT2D eigenvalue weighted by atomic mass is 10.1. The number of hydrogen-bond acceptors (Lipinski definition) is 4. The van der Waals surface area contributed by atoms with E-state index in [2.05, 4.69) is 13.8 Å². The fourth-order valence-corrected chi connectivity index (χ4v) is 3.44. The lowest BCUT2D eigenvalue weighted by molar-refractivity contribution is 0.0419. The van der Waals surface area contributed by atoms with Gasteiger partial charge in [-0.05, 0) is 24.5 Å². The number of rotatable bonds is 18. The largest absolute Gasteiger partial charge is 0.462 e. The van der Waals surface area contributed by atoms with Gasteiger partial charge in [0.05, 0.1) is 24.3 Å². The van der Waals surface area contributed by atoms with E-state index in [1.54, 1.807) is 24.3 Å². The molecule has 1 atom stereocenters. The highest BCUT2D eigenvalue weighted by atomic mass is 16.5. The highest BCUT2D eigenvalue weighted by Crippen LogP contribution is 2.15. The zero-order chi connectivity index (χ0) is 22.7. The molecule has 0 radical (unpaired) electrons. The van der Waals surface area contributed by atoms with E-state index in [4.69, 9.17) is 9.47 Å². The van der Waals surface area contributed by atoms with Gasteiger partial charge in [0.15, 0.2) is 0 Å². The van der Waals surface area contributed by atoms with E-state index in [9.17, 15) is 9.59 Å². The number of benzene rings is 1. The van der Waals surface area contributed by atoms with Gasteiger partial charge in [0, 0.05) is 0 Å². The first-order chi connectivity index (χ1) is 15.1. The second-order valence-electron chi connectivity index (χ2n) is 8.68. The van der Waals surface area contributed by atoms with Crippen molar-refractivity contribution in [3.8, 4) is 0 Å². The van der Waals surface area contributed by atoms with Crippen molar-refractivity contribution in [2.45, 2.75) is 104 Å². The number of carbonyl (C=O) groups is 2. The Morgan fingerprint density at radius 2 is 1.16 bits per heavy atom. The Bertz CT molecular complexity index is 611. The van der Waals surface area contributed by atoms with Crippen LogP contribution in [0.15, 0.2) is 24.3 Å². The molecule has 0 fully saturated rings. The van der Waals surface area contributed by atoms with E-state index >= 15 is 0 Å². The molecular weight excluding hydrogens is 388 g/mol. The van der Waals surface area contributed by atoms with E-state index < -0.39 is 11.9 Å². The summed E-state index contributed by atoms with van der Waals surface area (Å²) >= 11 is 0. The maximum atomic E-state index is 12.4. The number of carbonyl (C=O) groups excluding carboxylic acids is 2. The predicted molar refractivity (Wildman–Crippen MR) is 128 cm³/mol. The molecule has 0 aliphatic rings. The quantitative estimate of drug-likeness (QED) is 0.176. The van der Waals surface area contributed by atoms with Crippen LogP contribution in [0.1, 0.15) is 125 Å². The van der Waals surface area contributed by atoms with Crippen molar-refractivity contribution in [3.63, 3.8) is 0 Å². The molecule has 0 aliphatic carbocycles. The van der Waals surface area contributed by atoms with E-state index in [0.29, 0.717) is 19.1 Å². The Kier molecular flexibility index (Phi) is 15.6. The summed E-state index contributed by atoms with van der Waals surface area (Å²) in [6, 6.07) is 6.73. The Morgan fingerprint density at radius 3 is 1.65 bits per heavy atom. The molecule has 0 aromatic heterocycles. The van der Waals surface area contributed by atoms with Gasteiger partial charge in [-0.25, -0.2) is 9.59 Å². The third-order valence-electron chi connectivity index (χ3n) is 5.79. The molecule has 0 amide bonds. The van der Waals surface area contributed by atoms with Crippen LogP contribution in [-0.4, -0.2) is 25.2 Å². The van der Waals surface area contributed by atoms with Crippen LogP contribution in [0, 0.1) is 5.92 Å². The second-order valence-corrected chi connectivity index (χ2v) is 8.68. The summed E-state index contributed by atoms with van der Waals surface area (Å²) in [5, 5.41) is 0. The smallest absolute Gasteiger partial charge is 0.339 e. The molecule has 4 heteroatoms. The maximum absolute atomic E-state index is 12.4. The highest BCUT2D eigenvalue weighted by Gasteiger charge is 2.19. The second kappa shape index (κ2) is 17.8. The summed E-state index contributed by atoms with van der Waals surface area (Å²) in [4.78, 5) is 24.8. The third-order valence-corrected chi connectivity index (χ3v) is 5.79. The molecule has 0 saturated heterocycles. The van der Waals surface area contributed by atoms with Crippen LogP contribution in [0.5, 0.6) is 0 Å². The third kappa shape index (κ3) is 12.6. The molecule has 0 bridgehead atoms. The molecule has 1 rings (SSSR count). The van der Waals surface area contributed by atoms with Gasteiger partial charge in [-0.2, -0.15) is 0 Å². The maximum Gasteiger partial charge on any atom is 0.339 e. The average molecular weight is 433 g/mol. The molecule has 1 unspecified atom stereocenters. The van der Waals surface area contributed by atoms with E-state index in [1.807, 2.05) is 6.92 Å². The Labute approximate surface area is 190 Å². The molecular formula is C27H44O4. The number of ether oxygens (including phenoxy) is 2.